The fourth-order valence-electron chi connectivity index (χ4n) is 2.07. The highest BCUT2D eigenvalue weighted by molar-refractivity contribution is 5.19. The average molecular weight is 220 g/mol. The summed E-state index contributed by atoms with van der Waals surface area (Å²) >= 11 is 0. The van der Waals surface area contributed by atoms with Crippen molar-refractivity contribution in [2.75, 3.05) is 19.6 Å². The van der Waals surface area contributed by atoms with Crippen molar-refractivity contribution in [1.82, 2.24) is 4.90 Å². The standard InChI is InChI=1S/C14H24N2/c1-3-5-11-16(4-2)14(12-15)13-9-7-6-8-10-13/h6-10,14H,3-5,11-12,15H2,1-2H3. The van der Waals surface area contributed by atoms with E-state index in [4.69, 9.17) is 5.73 Å². The van der Waals surface area contributed by atoms with E-state index in [2.05, 4.69) is 49.1 Å². The van der Waals surface area contributed by atoms with Crippen LogP contribution in [0.2, 0.25) is 0 Å². The van der Waals surface area contributed by atoms with E-state index in [1.54, 1.807) is 0 Å². The Balaban J connectivity index is 2.71. The lowest BCUT2D eigenvalue weighted by atomic mass is 10.1. The van der Waals surface area contributed by atoms with Gasteiger partial charge < -0.3 is 5.73 Å². The van der Waals surface area contributed by atoms with E-state index in [1.165, 1.54) is 18.4 Å². The maximum atomic E-state index is 5.91. The number of nitrogens with two attached hydrogens (primary N) is 1. The molecule has 0 bridgehead atoms. The van der Waals surface area contributed by atoms with Crippen LogP contribution in [0.4, 0.5) is 0 Å². The molecule has 0 radical (unpaired) electrons. The average Bonchev–Trinajstić information content (AvgIpc) is 2.35. The highest BCUT2D eigenvalue weighted by Gasteiger charge is 2.16. The number of rotatable bonds is 7. The van der Waals surface area contributed by atoms with E-state index in [0.717, 1.165) is 13.1 Å². The van der Waals surface area contributed by atoms with Gasteiger partial charge >= 0.3 is 0 Å². The molecular weight excluding hydrogens is 196 g/mol. The Hall–Kier alpha value is -0.860. The number of hydrogen-bond acceptors (Lipinski definition) is 2. The lowest BCUT2D eigenvalue weighted by Crippen LogP contribution is -2.34. The van der Waals surface area contributed by atoms with E-state index < -0.39 is 0 Å². The molecule has 0 heterocycles. The number of nitrogens with zero attached hydrogens (tertiary/aromatic N) is 1. The van der Waals surface area contributed by atoms with Gasteiger partial charge in [0.25, 0.3) is 0 Å². The first-order chi connectivity index (χ1) is 7.83. The minimum absolute atomic E-state index is 0.373. The Morgan fingerprint density at radius 3 is 2.38 bits per heavy atom. The van der Waals surface area contributed by atoms with Crippen LogP contribution in [0.3, 0.4) is 0 Å². The van der Waals surface area contributed by atoms with E-state index in [1.807, 2.05) is 0 Å². The van der Waals surface area contributed by atoms with Crippen LogP contribution in [0.25, 0.3) is 0 Å². The largest absolute Gasteiger partial charge is 0.329 e. The maximum Gasteiger partial charge on any atom is 0.0470 e. The van der Waals surface area contributed by atoms with Gasteiger partial charge in [0, 0.05) is 12.6 Å². The van der Waals surface area contributed by atoms with Crippen LogP contribution in [0.15, 0.2) is 30.3 Å². The molecule has 16 heavy (non-hydrogen) atoms. The van der Waals surface area contributed by atoms with Gasteiger partial charge in [-0.05, 0) is 25.1 Å². The summed E-state index contributed by atoms with van der Waals surface area (Å²) in [6.07, 6.45) is 2.49. The smallest absolute Gasteiger partial charge is 0.0470 e. The Bertz CT molecular complexity index is 271. The molecule has 1 aromatic rings. The molecule has 0 spiro atoms. The Morgan fingerprint density at radius 2 is 1.88 bits per heavy atom. The zero-order valence-electron chi connectivity index (χ0n) is 10.5. The van der Waals surface area contributed by atoms with Crippen LogP contribution in [-0.2, 0) is 0 Å². The van der Waals surface area contributed by atoms with Crippen LogP contribution in [0.1, 0.15) is 38.3 Å². The van der Waals surface area contributed by atoms with Gasteiger partial charge in [0.15, 0.2) is 0 Å². The highest BCUT2D eigenvalue weighted by Crippen LogP contribution is 2.19. The van der Waals surface area contributed by atoms with E-state index in [9.17, 15) is 0 Å². The predicted molar refractivity (Wildman–Crippen MR) is 70.4 cm³/mol. The van der Waals surface area contributed by atoms with Crippen molar-refractivity contribution in [1.29, 1.82) is 0 Å². The van der Waals surface area contributed by atoms with E-state index in [0.29, 0.717) is 12.6 Å². The monoisotopic (exact) mass is 220 g/mol. The van der Waals surface area contributed by atoms with Gasteiger partial charge in [-0.25, -0.2) is 0 Å². The van der Waals surface area contributed by atoms with Gasteiger partial charge in [-0.3, -0.25) is 4.90 Å². The normalized spacial score (nSPS) is 13.0. The lowest BCUT2D eigenvalue weighted by molar-refractivity contribution is 0.209. The van der Waals surface area contributed by atoms with E-state index >= 15 is 0 Å². The molecular formula is C14H24N2. The number of hydrogen-bond donors (Lipinski definition) is 1. The lowest BCUT2D eigenvalue weighted by Gasteiger charge is -2.30. The fourth-order valence-corrected chi connectivity index (χ4v) is 2.07. The van der Waals surface area contributed by atoms with Crippen molar-refractivity contribution in [3.05, 3.63) is 35.9 Å². The molecule has 2 nitrogen and oxygen atoms in total. The van der Waals surface area contributed by atoms with Crippen molar-refractivity contribution >= 4 is 0 Å². The molecule has 0 aliphatic carbocycles. The zero-order valence-corrected chi connectivity index (χ0v) is 10.5. The third-order valence-electron chi connectivity index (χ3n) is 3.05. The first-order valence-corrected chi connectivity index (χ1v) is 6.32. The van der Waals surface area contributed by atoms with Crippen molar-refractivity contribution in [3.63, 3.8) is 0 Å². The Kier molecular flexibility index (Phi) is 6.12. The first kappa shape index (κ1) is 13.2. The minimum Gasteiger partial charge on any atom is -0.329 e. The second kappa shape index (κ2) is 7.42. The second-order valence-electron chi connectivity index (χ2n) is 4.14. The number of likely N-dealkylation sites (N-methyl/N-ethyl adjacent to an activating group) is 1. The van der Waals surface area contributed by atoms with Gasteiger partial charge in [-0.15, -0.1) is 0 Å². The SMILES string of the molecule is CCCCN(CC)C(CN)c1ccccc1. The molecule has 0 saturated heterocycles. The van der Waals surface area contributed by atoms with Crippen molar-refractivity contribution in [3.8, 4) is 0 Å². The third kappa shape index (κ3) is 3.62. The third-order valence-corrected chi connectivity index (χ3v) is 3.05. The summed E-state index contributed by atoms with van der Waals surface area (Å²) in [7, 11) is 0. The van der Waals surface area contributed by atoms with Crippen LogP contribution in [0, 0.1) is 0 Å². The Morgan fingerprint density at radius 1 is 1.19 bits per heavy atom. The molecule has 0 fully saturated rings. The molecule has 0 aliphatic heterocycles. The predicted octanol–water partition coefficient (Wildman–Crippen LogP) is 2.81. The summed E-state index contributed by atoms with van der Waals surface area (Å²) in [5, 5.41) is 0. The van der Waals surface area contributed by atoms with Gasteiger partial charge in [-0.1, -0.05) is 50.6 Å². The molecule has 2 heteroatoms. The van der Waals surface area contributed by atoms with Crippen molar-refractivity contribution in [2.45, 2.75) is 32.7 Å². The van der Waals surface area contributed by atoms with Crippen LogP contribution in [-0.4, -0.2) is 24.5 Å². The zero-order chi connectivity index (χ0) is 11.8. The fraction of sp³-hybridized carbons (Fsp3) is 0.571. The molecule has 0 saturated carbocycles. The molecule has 0 aliphatic rings. The molecule has 2 N–H and O–H groups in total. The van der Waals surface area contributed by atoms with Crippen molar-refractivity contribution < 1.29 is 0 Å². The number of unbranched alkanes of at least 4 members (excludes halogenated alkanes) is 1. The van der Waals surface area contributed by atoms with Gasteiger partial charge in [0.2, 0.25) is 0 Å². The molecule has 1 atom stereocenters. The molecule has 1 unspecified atom stereocenters. The summed E-state index contributed by atoms with van der Waals surface area (Å²) in [6, 6.07) is 11.0. The van der Waals surface area contributed by atoms with Gasteiger partial charge in [-0.2, -0.15) is 0 Å². The molecule has 90 valence electrons. The highest BCUT2D eigenvalue weighted by atomic mass is 15.2. The summed E-state index contributed by atoms with van der Waals surface area (Å²) in [6.45, 7) is 7.34. The first-order valence-electron chi connectivity index (χ1n) is 6.32. The summed E-state index contributed by atoms with van der Waals surface area (Å²) in [4.78, 5) is 2.47. The van der Waals surface area contributed by atoms with Crippen LogP contribution < -0.4 is 5.73 Å². The second-order valence-corrected chi connectivity index (χ2v) is 4.14. The molecule has 1 rings (SSSR count). The quantitative estimate of drug-likeness (QED) is 0.765. The van der Waals surface area contributed by atoms with Crippen LogP contribution in [0.5, 0.6) is 0 Å². The van der Waals surface area contributed by atoms with Gasteiger partial charge in [0.05, 0.1) is 0 Å². The maximum absolute atomic E-state index is 5.91. The van der Waals surface area contributed by atoms with Crippen LogP contribution >= 0.6 is 0 Å². The summed E-state index contributed by atoms with van der Waals surface area (Å²) in [5.74, 6) is 0. The minimum atomic E-state index is 0.373. The van der Waals surface area contributed by atoms with Crippen molar-refractivity contribution in [2.24, 2.45) is 5.73 Å². The number of benzene rings is 1. The summed E-state index contributed by atoms with van der Waals surface area (Å²) in [5.41, 5.74) is 7.25. The molecule has 0 aromatic heterocycles. The molecule has 1 aromatic carbocycles. The topological polar surface area (TPSA) is 29.3 Å². The van der Waals surface area contributed by atoms with Gasteiger partial charge in [0.1, 0.15) is 0 Å². The summed E-state index contributed by atoms with van der Waals surface area (Å²) < 4.78 is 0. The Labute approximate surface area is 99.5 Å². The molecule has 0 amide bonds. The van der Waals surface area contributed by atoms with E-state index in [-0.39, 0.29) is 0 Å².